The van der Waals surface area contributed by atoms with Gasteiger partial charge in [0.05, 0.1) is 0 Å². The molecule has 2 aromatic carbocycles. The van der Waals surface area contributed by atoms with Gasteiger partial charge in [-0.2, -0.15) is 0 Å². The highest BCUT2D eigenvalue weighted by atomic mass is 35.5. The fourth-order valence-electron chi connectivity index (χ4n) is 2.81. The molecule has 0 atom stereocenters. The van der Waals surface area contributed by atoms with Crippen molar-refractivity contribution in [2.24, 2.45) is 0 Å². The first-order chi connectivity index (χ1) is 11.1. The Morgan fingerprint density at radius 2 is 1.46 bits per heavy atom. The lowest BCUT2D eigenvalue weighted by Gasteiger charge is -2.34. The molecular formula is C18H18ClF2N2O-. The molecule has 1 amide bonds. The molecule has 2 aromatic rings. The zero-order valence-electron chi connectivity index (χ0n) is 13.1. The van der Waals surface area contributed by atoms with Crippen molar-refractivity contribution < 1.29 is 26.0 Å². The molecule has 0 bridgehead atoms. The third kappa shape index (κ3) is 4.10. The van der Waals surface area contributed by atoms with Gasteiger partial charge in [-0.15, -0.1) is 0 Å². The Labute approximate surface area is 146 Å². The van der Waals surface area contributed by atoms with Crippen LogP contribution in [0.25, 0.3) is 0 Å². The van der Waals surface area contributed by atoms with E-state index in [1.807, 2.05) is 18.2 Å². The average Bonchev–Trinajstić information content (AvgIpc) is 2.56. The summed E-state index contributed by atoms with van der Waals surface area (Å²) in [6.07, 6.45) is 0. The van der Waals surface area contributed by atoms with Crippen molar-refractivity contribution in [2.45, 2.75) is 6.54 Å². The van der Waals surface area contributed by atoms with Crippen molar-refractivity contribution in [1.82, 2.24) is 9.80 Å². The minimum absolute atomic E-state index is 0. The Morgan fingerprint density at radius 1 is 0.875 bits per heavy atom. The molecular weight excluding hydrogens is 334 g/mol. The number of nitrogens with zero attached hydrogens (tertiary/aromatic N) is 2. The monoisotopic (exact) mass is 351 g/mol. The summed E-state index contributed by atoms with van der Waals surface area (Å²) in [5.41, 5.74) is 0.761. The molecule has 128 valence electrons. The lowest BCUT2D eigenvalue weighted by atomic mass is 10.1. The van der Waals surface area contributed by atoms with E-state index in [1.165, 1.54) is 16.5 Å². The van der Waals surface area contributed by atoms with Crippen LogP contribution in [0.1, 0.15) is 15.9 Å². The van der Waals surface area contributed by atoms with Gasteiger partial charge in [0.15, 0.2) is 0 Å². The number of piperazine rings is 1. The third-order valence-electron chi connectivity index (χ3n) is 4.09. The second-order valence-electron chi connectivity index (χ2n) is 5.65. The number of hydrogen-bond acceptors (Lipinski definition) is 2. The maximum atomic E-state index is 13.7. The fourth-order valence-corrected chi connectivity index (χ4v) is 2.81. The van der Waals surface area contributed by atoms with Gasteiger partial charge >= 0.3 is 0 Å². The van der Waals surface area contributed by atoms with E-state index in [9.17, 15) is 13.6 Å². The average molecular weight is 352 g/mol. The predicted molar refractivity (Wildman–Crippen MR) is 84.0 cm³/mol. The molecule has 1 heterocycles. The molecule has 24 heavy (non-hydrogen) atoms. The van der Waals surface area contributed by atoms with Gasteiger partial charge in [0.2, 0.25) is 0 Å². The number of rotatable bonds is 3. The van der Waals surface area contributed by atoms with Crippen molar-refractivity contribution >= 4 is 5.91 Å². The molecule has 3 rings (SSSR count). The summed E-state index contributed by atoms with van der Waals surface area (Å²) in [5.74, 6) is -2.18. The fraction of sp³-hybridized carbons (Fsp3) is 0.278. The van der Waals surface area contributed by atoms with Crippen LogP contribution >= 0.6 is 0 Å². The molecule has 0 aromatic heterocycles. The number of hydrogen-bond donors (Lipinski definition) is 0. The summed E-state index contributed by atoms with van der Waals surface area (Å²) in [6.45, 7) is 3.14. The smallest absolute Gasteiger partial charge is 0.259 e. The van der Waals surface area contributed by atoms with Crippen LogP contribution in [0.3, 0.4) is 0 Å². The highest BCUT2D eigenvalue weighted by molar-refractivity contribution is 5.94. The van der Waals surface area contributed by atoms with Crippen LogP contribution in [0.2, 0.25) is 0 Å². The highest BCUT2D eigenvalue weighted by Gasteiger charge is 2.26. The largest absolute Gasteiger partial charge is 1.00 e. The van der Waals surface area contributed by atoms with E-state index in [-0.39, 0.29) is 12.4 Å². The van der Waals surface area contributed by atoms with Crippen LogP contribution < -0.4 is 12.4 Å². The SMILES string of the molecule is O=C(c1c(F)cccc1F)N1CCN(Cc2ccccc2)CC1.[Cl-]. The Balaban J connectivity index is 0.00000208. The first kappa shape index (κ1) is 18.4. The van der Waals surface area contributed by atoms with Crippen LogP contribution in [0.15, 0.2) is 48.5 Å². The minimum Gasteiger partial charge on any atom is -1.00 e. The Hall–Kier alpha value is -1.98. The highest BCUT2D eigenvalue weighted by Crippen LogP contribution is 2.16. The quantitative estimate of drug-likeness (QED) is 0.773. The third-order valence-corrected chi connectivity index (χ3v) is 4.09. The molecule has 1 aliphatic heterocycles. The predicted octanol–water partition coefficient (Wildman–Crippen LogP) is -0.0732. The van der Waals surface area contributed by atoms with E-state index < -0.39 is 23.1 Å². The van der Waals surface area contributed by atoms with Gasteiger partial charge in [0, 0.05) is 32.7 Å². The van der Waals surface area contributed by atoms with Gasteiger partial charge in [0.25, 0.3) is 5.91 Å². The Bertz CT molecular complexity index is 668. The van der Waals surface area contributed by atoms with Crippen LogP contribution in [-0.2, 0) is 6.54 Å². The lowest BCUT2D eigenvalue weighted by molar-refractivity contribution is -0.0000178. The van der Waals surface area contributed by atoms with E-state index >= 15 is 0 Å². The molecule has 0 N–H and O–H groups in total. The number of carbonyl (C=O) groups is 1. The second-order valence-corrected chi connectivity index (χ2v) is 5.65. The van der Waals surface area contributed by atoms with Crippen molar-refractivity contribution in [3.8, 4) is 0 Å². The summed E-state index contributed by atoms with van der Waals surface area (Å²) in [4.78, 5) is 16.1. The van der Waals surface area contributed by atoms with Gasteiger partial charge in [-0.25, -0.2) is 8.78 Å². The zero-order chi connectivity index (χ0) is 16.2. The van der Waals surface area contributed by atoms with Crippen molar-refractivity contribution in [2.75, 3.05) is 26.2 Å². The van der Waals surface area contributed by atoms with E-state index in [2.05, 4.69) is 17.0 Å². The second kappa shape index (κ2) is 8.22. The van der Waals surface area contributed by atoms with Crippen LogP contribution in [0.5, 0.6) is 0 Å². The summed E-state index contributed by atoms with van der Waals surface area (Å²) < 4.78 is 27.4. The molecule has 0 radical (unpaired) electrons. The Morgan fingerprint density at radius 3 is 2.04 bits per heavy atom. The number of halogens is 3. The molecule has 1 fully saturated rings. The number of carbonyl (C=O) groups excluding carboxylic acids is 1. The molecule has 0 unspecified atom stereocenters. The van der Waals surface area contributed by atoms with Crippen LogP contribution in [0, 0.1) is 11.6 Å². The van der Waals surface area contributed by atoms with Gasteiger partial charge < -0.3 is 17.3 Å². The summed E-state index contributed by atoms with van der Waals surface area (Å²) in [5, 5.41) is 0. The first-order valence-corrected chi connectivity index (χ1v) is 7.65. The maximum absolute atomic E-state index is 13.7. The molecule has 1 saturated heterocycles. The molecule has 6 heteroatoms. The van der Waals surface area contributed by atoms with Crippen molar-refractivity contribution in [3.63, 3.8) is 0 Å². The van der Waals surface area contributed by atoms with Gasteiger partial charge in [-0.1, -0.05) is 36.4 Å². The maximum Gasteiger partial charge on any atom is 0.259 e. The van der Waals surface area contributed by atoms with Gasteiger partial charge in [-0.3, -0.25) is 9.69 Å². The van der Waals surface area contributed by atoms with Crippen LogP contribution in [0.4, 0.5) is 8.78 Å². The van der Waals surface area contributed by atoms with E-state index in [0.717, 1.165) is 18.7 Å². The summed E-state index contributed by atoms with van der Waals surface area (Å²) >= 11 is 0. The van der Waals surface area contributed by atoms with E-state index in [1.54, 1.807) is 0 Å². The lowest BCUT2D eigenvalue weighted by Crippen LogP contribution is -3.00. The van der Waals surface area contributed by atoms with Crippen molar-refractivity contribution in [3.05, 3.63) is 71.3 Å². The standard InChI is InChI=1S/C18H18F2N2O.ClH/c19-15-7-4-8-16(20)17(15)18(23)22-11-9-21(10-12-22)13-14-5-2-1-3-6-14;/h1-8H,9-13H2;1H/p-1. The molecule has 3 nitrogen and oxygen atoms in total. The Kier molecular flexibility index (Phi) is 6.29. The summed E-state index contributed by atoms with van der Waals surface area (Å²) in [7, 11) is 0. The van der Waals surface area contributed by atoms with Crippen LogP contribution in [-0.4, -0.2) is 41.9 Å². The molecule has 0 aliphatic carbocycles. The van der Waals surface area contributed by atoms with Gasteiger partial charge in [-0.05, 0) is 17.7 Å². The number of benzene rings is 2. The van der Waals surface area contributed by atoms with E-state index in [0.29, 0.717) is 26.2 Å². The normalized spacial score (nSPS) is 15.0. The van der Waals surface area contributed by atoms with Crippen molar-refractivity contribution in [1.29, 1.82) is 0 Å². The summed E-state index contributed by atoms with van der Waals surface area (Å²) in [6, 6.07) is 13.6. The first-order valence-electron chi connectivity index (χ1n) is 7.65. The molecule has 1 aliphatic rings. The number of amides is 1. The minimum atomic E-state index is -0.804. The van der Waals surface area contributed by atoms with E-state index in [4.69, 9.17) is 0 Å². The topological polar surface area (TPSA) is 23.6 Å². The molecule has 0 spiro atoms. The molecule has 0 saturated carbocycles. The van der Waals surface area contributed by atoms with Gasteiger partial charge in [0.1, 0.15) is 17.2 Å². The zero-order valence-corrected chi connectivity index (χ0v) is 13.8.